The first kappa shape index (κ1) is 14.7. The average molecular weight is 271 g/mol. The number of aliphatic hydroxyl groups excluding tert-OH is 1. The van der Waals surface area contributed by atoms with Crippen LogP contribution in [0, 0.1) is 5.92 Å². The molecule has 2 N–H and O–H groups in total. The third-order valence-electron chi connectivity index (χ3n) is 4.68. The van der Waals surface area contributed by atoms with E-state index >= 15 is 0 Å². The molecule has 0 saturated heterocycles. The Bertz CT molecular complexity index is 231. The van der Waals surface area contributed by atoms with Gasteiger partial charge in [-0.3, -0.25) is 0 Å². The molecule has 2 rings (SSSR count). The Labute approximate surface area is 116 Å². The van der Waals surface area contributed by atoms with E-state index in [2.05, 4.69) is 11.6 Å². The van der Waals surface area contributed by atoms with E-state index in [1.165, 1.54) is 51.4 Å². The average Bonchev–Trinajstić information content (AvgIpc) is 2.89. The molecule has 0 heterocycles. The Balaban J connectivity index is 1.61. The molecular weight excluding hydrogens is 242 g/mol. The van der Waals surface area contributed by atoms with E-state index < -0.39 is 0 Å². The maximum atomic E-state index is 10.1. The van der Waals surface area contributed by atoms with Gasteiger partial charge in [0.2, 0.25) is 0 Å². The molecule has 0 amide bonds. The minimum Gasteiger partial charge on any atom is -0.392 e. The van der Waals surface area contributed by atoms with Gasteiger partial charge in [0.25, 0.3) is 0 Å². The number of hydrogen-bond acceptors (Lipinski definition) is 3. The summed E-state index contributed by atoms with van der Waals surface area (Å²) in [5.41, 5.74) is 0. The summed E-state index contributed by atoms with van der Waals surface area (Å²) in [7, 11) is 0. The summed E-state index contributed by atoms with van der Waals surface area (Å²) in [4.78, 5) is 0. The molecule has 0 aromatic rings. The molecule has 0 aromatic heterocycles. The minimum absolute atomic E-state index is 0.122. The van der Waals surface area contributed by atoms with Crippen molar-refractivity contribution >= 4 is 11.8 Å². The van der Waals surface area contributed by atoms with E-state index in [9.17, 15) is 5.11 Å². The fraction of sp³-hybridized carbons (Fsp3) is 1.00. The fourth-order valence-electron chi connectivity index (χ4n) is 3.56. The van der Waals surface area contributed by atoms with Gasteiger partial charge < -0.3 is 10.4 Å². The standard InChI is InChI=1S/C15H29NOS/c1-18-15-8-4-7-13(10-15)16-11-14(17)9-12-5-2-3-6-12/h12-17H,2-11H2,1H3. The van der Waals surface area contributed by atoms with E-state index in [4.69, 9.17) is 0 Å². The maximum Gasteiger partial charge on any atom is 0.0667 e. The lowest BCUT2D eigenvalue weighted by molar-refractivity contribution is 0.134. The Morgan fingerprint density at radius 3 is 2.67 bits per heavy atom. The summed E-state index contributed by atoms with van der Waals surface area (Å²) in [6.45, 7) is 0.808. The van der Waals surface area contributed by atoms with Crippen LogP contribution in [0.1, 0.15) is 57.8 Å². The third kappa shape index (κ3) is 4.75. The number of thioether (sulfide) groups is 1. The van der Waals surface area contributed by atoms with Crippen molar-refractivity contribution in [2.45, 2.75) is 75.2 Å². The Hall–Kier alpha value is 0.270. The van der Waals surface area contributed by atoms with Gasteiger partial charge in [-0.2, -0.15) is 11.8 Å². The van der Waals surface area contributed by atoms with Crippen molar-refractivity contribution in [2.75, 3.05) is 12.8 Å². The first-order valence-electron chi connectivity index (χ1n) is 7.72. The number of hydrogen-bond donors (Lipinski definition) is 2. The van der Waals surface area contributed by atoms with Gasteiger partial charge in [0.15, 0.2) is 0 Å². The number of rotatable bonds is 6. The van der Waals surface area contributed by atoms with Crippen LogP contribution in [0.25, 0.3) is 0 Å². The quantitative estimate of drug-likeness (QED) is 0.778. The molecule has 0 radical (unpaired) electrons. The molecule has 2 fully saturated rings. The molecule has 3 unspecified atom stereocenters. The molecular formula is C15H29NOS. The summed E-state index contributed by atoms with van der Waals surface area (Å²) in [5.74, 6) is 0.798. The van der Waals surface area contributed by atoms with Crippen LogP contribution >= 0.6 is 11.8 Å². The van der Waals surface area contributed by atoms with Gasteiger partial charge in [0.05, 0.1) is 6.10 Å². The lowest BCUT2D eigenvalue weighted by Gasteiger charge is -2.29. The molecule has 2 saturated carbocycles. The zero-order valence-electron chi connectivity index (χ0n) is 11.7. The Kier molecular flexibility index (Phi) is 6.33. The van der Waals surface area contributed by atoms with E-state index in [1.807, 2.05) is 11.8 Å². The summed E-state index contributed by atoms with van der Waals surface area (Å²) in [6, 6.07) is 0.648. The Morgan fingerprint density at radius 2 is 1.94 bits per heavy atom. The van der Waals surface area contributed by atoms with Crippen molar-refractivity contribution < 1.29 is 5.11 Å². The monoisotopic (exact) mass is 271 g/mol. The third-order valence-corrected chi connectivity index (χ3v) is 5.78. The van der Waals surface area contributed by atoms with E-state index in [1.54, 1.807) is 0 Å². The van der Waals surface area contributed by atoms with Crippen molar-refractivity contribution in [3.63, 3.8) is 0 Å². The second-order valence-electron chi connectivity index (χ2n) is 6.17. The predicted molar refractivity (Wildman–Crippen MR) is 80.1 cm³/mol. The van der Waals surface area contributed by atoms with Crippen LogP contribution in [0.2, 0.25) is 0 Å². The molecule has 2 aliphatic rings. The highest BCUT2D eigenvalue weighted by Gasteiger charge is 2.23. The fourth-order valence-corrected chi connectivity index (χ4v) is 4.39. The molecule has 2 aliphatic carbocycles. The van der Waals surface area contributed by atoms with E-state index in [0.29, 0.717) is 6.04 Å². The summed E-state index contributed by atoms with van der Waals surface area (Å²) in [6.07, 6.45) is 13.9. The van der Waals surface area contributed by atoms with Crippen LogP contribution < -0.4 is 5.32 Å². The van der Waals surface area contributed by atoms with Crippen molar-refractivity contribution in [3.05, 3.63) is 0 Å². The highest BCUT2D eigenvalue weighted by atomic mass is 32.2. The maximum absolute atomic E-state index is 10.1. The van der Waals surface area contributed by atoms with Crippen LogP contribution in [0.5, 0.6) is 0 Å². The minimum atomic E-state index is -0.122. The van der Waals surface area contributed by atoms with Gasteiger partial charge in [0.1, 0.15) is 0 Å². The lowest BCUT2D eigenvalue weighted by Crippen LogP contribution is -2.39. The normalized spacial score (nSPS) is 31.7. The summed E-state index contributed by atoms with van der Waals surface area (Å²) < 4.78 is 0. The summed E-state index contributed by atoms with van der Waals surface area (Å²) >= 11 is 2.01. The van der Waals surface area contributed by atoms with Crippen molar-refractivity contribution in [1.82, 2.24) is 5.32 Å². The van der Waals surface area contributed by atoms with Gasteiger partial charge in [-0.1, -0.05) is 32.1 Å². The van der Waals surface area contributed by atoms with Crippen LogP contribution in [0.4, 0.5) is 0 Å². The predicted octanol–water partition coefficient (Wildman–Crippen LogP) is 3.19. The van der Waals surface area contributed by atoms with Gasteiger partial charge in [-0.05, 0) is 37.9 Å². The SMILES string of the molecule is CSC1CCCC(NCC(O)CC2CCCC2)C1. The number of aliphatic hydroxyl groups is 1. The van der Waals surface area contributed by atoms with Crippen LogP contribution in [-0.2, 0) is 0 Å². The zero-order valence-corrected chi connectivity index (χ0v) is 12.6. The molecule has 106 valence electrons. The molecule has 0 spiro atoms. The molecule has 0 aliphatic heterocycles. The van der Waals surface area contributed by atoms with E-state index in [-0.39, 0.29) is 6.10 Å². The van der Waals surface area contributed by atoms with Crippen LogP contribution in [0.15, 0.2) is 0 Å². The van der Waals surface area contributed by atoms with Crippen molar-refractivity contribution in [1.29, 1.82) is 0 Å². The molecule has 0 bridgehead atoms. The van der Waals surface area contributed by atoms with Gasteiger partial charge >= 0.3 is 0 Å². The van der Waals surface area contributed by atoms with Gasteiger partial charge in [0, 0.05) is 17.8 Å². The topological polar surface area (TPSA) is 32.3 Å². The Morgan fingerprint density at radius 1 is 1.17 bits per heavy atom. The molecule has 0 aromatic carbocycles. The highest BCUT2D eigenvalue weighted by molar-refractivity contribution is 7.99. The smallest absolute Gasteiger partial charge is 0.0667 e. The van der Waals surface area contributed by atoms with E-state index in [0.717, 1.165) is 24.1 Å². The molecule has 3 heteroatoms. The highest BCUT2D eigenvalue weighted by Crippen LogP contribution is 2.29. The van der Waals surface area contributed by atoms with Crippen LogP contribution in [0.3, 0.4) is 0 Å². The second kappa shape index (κ2) is 7.76. The lowest BCUT2D eigenvalue weighted by atomic mass is 9.94. The van der Waals surface area contributed by atoms with Crippen molar-refractivity contribution in [3.8, 4) is 0 Å². The zero-order chi connectivity index (χ0) is 12.8. The van der Waals surface area contributed by atoms with Crippen molar-refractivity contribution in [2.24, 2.45) is 5.92 Å². The summed E-state index contributed by atoms with van der Waals surface area (Å²) in [5, 5.41) is 14.5. The van der Waals surface area contributed by atoms with Gasteiger partial charge in [-0.15, -0.1) is 0 Å². The van der Waals surface area contributed by atoms with Crippen LogP contribution in [-0.4, -0.2) is 35.3 Å². The second-order valence-corrected chi connectivity index (χ2v) is 7.31. The largest absolute Gasteiger partial charge is 0.392 e. The first-order valence-corrected chi connectivity index (χ1v) is 9.01. The molecule has 3 atom stereocenters. The first-order chi connectivity index (χ1) is 8.78. The molecule has 18 heavy (non-hydrogen) atoms. The van der Waals surface area contributed by atoms with Gasteiger partial charge in [-0.25, -0.2) is 0 Å². The number of nitrogens with one attached hydrogen (secondary N) is 1. The molecule has 2 nitrogen and oxygen atoms in total.